The molecule has 0 amide bonds. The number of halogens is 1. The lowest BCUT2D eigenvalue weighted by Gasteiger charge is -2.12. The van der Waals surface area contributed by atoms with Crippen LogP contribution in [0.3, 0.4) is 0 Å². The van der Waals surface area contributed by atoms with Gasteiger partial charge in [0.15, 0.2) is 0 Å². The molecule has 0 radical (unpaired) electrons. The maximum Gasteiger partial charge on any atom is 0.240 e. The zero-order valence-electron chi connectivity index (χ0n) is 11.1. The summed E-state index contributed by atoms with van der Waals surface area (Å²) in [6.07, 6.45) is 0. The average molecular weight is 326 g/mol. The highest BCUT2D eigenvalue weighted by atomic mass is 79.9. The van der Waals surface area contributed by atoms with Crippen LogP contribution in [0.4, 0.5) is 0 Å². The van der Waals surface area contributed by atoms with E-state index in [2.05, 4.69) is 39.9 Å². The van der Waals surface area contributed by atoms with Crippen molar-refractivity contribution in [2.45, 2.75) is 26.3 Å². The van der Waals surface area contributed by atoms with Crippen molar-refractivity contribution in [3.05, 3.63) is 28.1 Å². The number of ether oxygens (including phenoxy) is 1. The van der Waals surface area contributed by atoms with Crippen molar-refractivity contribution >= 4 is 15.9 Å². The van der Waals surface area contributed by atoms with Gasteiger partial charge in [0.2, 0.25) is 11.7 Å². The SMILES string of the molecule is COc1cc(C(C)C)cc(-c2noc(CN)n2)c1Br. The molecule has 0 saturated carbocycles. The Labute approximate surface area is 120 Å². The minimum atomic E-state index is 0.228. The molecule has 0 atom stereocenters. The summed E-state index contributed by atoms with van der Waals surface area (Å²) in [5.41, 5.74) is 7.47. The van der Waals surface area contributed by atoms with Gasteiger partial charge in [-0.2, -0.15) is 4.98 Å². The molecule has 102 valence electrons. The van der Waals surface area contributed by atoms with E-state index in [0.29, 0.717) is 17.6 Å². The summed E-state index contributed by atoms with van der Waals surface area (Å²) in [7, 11) is 1.63. The molecule has 2 rings (SSSR count). The molecule has 0 fully saturated rings. The first-order valence-electron chi connectivity index (χ1n) is 5.97. The van der Waals surface area contributed by atoms with E-state index in [1.165, 1.54) is 0 Å². The molecular formula is C13H16BrN3O2. The minimum Gasteiger partial charge on any atom is -0.496 e. The average Bonchev–Trinajstić information content (AvgIpc) is 2.87. The Kier molecular flexibility index (Phi) is 4.21. The zero-order valence-corrected chi connectivity index (χ0v) is 12.7. The number of hydrogen-bond donors (Lipinski definition) is 1. The molecule has 19 heavy (non-hydrogen) atoms. The van der Waals surface area contributed by atoms with Gasteiger partial charge in [0, 0.05) is 5.56 Å². The van der Waals surface area contributed by atoms with Crippen molar-refractivity contribution in [1.29, 1.82) is 0 Å². The van der Waals surface area contributed by atoms with Gasteiger partial charge in [-0.25, -0.2) is 0 Å². The van der Waals surface area contributed by atoms with Crippen molar-refractivity contribution < 1.29 is 9.26 Å². The molecule has 0 spiro atoms. The Hall–Kier alpha value is -1.40. The fraction of sp³-hybridized carbons (Fsp3) is 0.385. The van der Waals surface area contributed by atoms with Crippen LogP contribution < -0.4 is 10.5 Å². The molecule has 5 nitrogen and oxygen atoms in total. The lowest BCUT2D eigenvalue weighted by molar-refractivity contribution is 0.380. The Balaban J connectivity index is 2.57. The largest absolute Gasteiger partial charge is 0.496 e. The predicted octanol–water partition coefficient (Wildman–Crippen LogP) is 3.09. The lowest BCUT2D eigenvalue weighted by atomic mass is 10.00. The van der Waals surface area contributed by atoms with Crippen LogP contribution in [0, 0.1) is 0 Å². The zero-order chi connectivity index (χ0) is 14.0. The van der Waals surface area contributed by atoms with E-state index in [9.17, 15) is 0 Å². The van der Waals surface area contributed by atoms with Crippen LogP contribution in [0.15, 0.2) is 21.1 Å². The highest BCUT2D eigenvalue weighted by molar-refractivity contribution is 9.10. The topological polar surface area (TPSA) is 74.2 Å². The van der Waals surface area contributed by atoms with E-state index in [1.54, 1.807) is 7.11 Å². The van der Waals surface area contributed by atoms with Crippen LogP contribution >= 0.6 is 15.9 Å². The van der Waals surface area contributed by atoms with Crippen molar-refractivity contribution in [3.8, 4) is 17.1 Å². The minimum absolute atomic E-state index is 0.228. The summed E-state index contributed by atoms with van der Waals surface area (Å²) in [6, 6.07) is 4.03. The maximum absolute atomic E-state index is 5.48. The third kappa shape index (κ3) is 2.79. The maximum atomic E-state index is 5.48. The van der Waals surface area contributed by atoms with Crippen LogP contribution in [0.1, 0.15) is 31.2 Å². The normalized spacial score (nSPS) is 11.1. The van der Waals surface area contributed by atoms with Crippen LogP contribution in [0.5, 0.6) is 5.75 Å². The second kappa shape index (κ2) is 5.71. The standard InChI is InChI=1S/C13H16BrN3O2/c1-7(2)8-4-9(12(14)10(5-8)18-3)13-16-11(6-15)19-17-13/h4-5,7H,6,15H2,1-3H3. The summed E-state index contributed by atoms with van der Waals surface area (Å²) in [4.78, 5) is 4.25. The first-order valence-corrected chi connectivity index (χ1v) is 6.76. The summed E-state index contributed by atoms with van der Waals surface area (Å²) in [5.74, 6) is 2.05. The molecule has 0 aliphatic heterocycles. The van der Waals surface area contributed by atoms with Gasteiger partial charge in [-0.1, -0.05) is 19.0 Å². The van der Waals surface area contributed by atoms with Gasteiger partial charge < -0.3 is 15.0 Å². The highest BCUT2D eigenvalue weighted by Crippen LogP contribution is 2.37. The molecule has 2 aromatic rings. The Bertz CT molecular complexity index is 581. The molecule has 1 aromatic heterocycles. The van der Waals surface area contributed by atoms with E-state index in [4.69, 9.17) is 15.0 Å². The van der Waals surface area contributed by atoms with Crippen LogP contribution in [-0.2, 0) is 6.54 Å². The predicted molar refractivity (Wildman–Crippen MR) is 76.0 cm³/mol. The Morgan fingerprint density at radius 2 is 2.16 bits per heavy atom. The molecule has 6 heteroatoms. The monoisotopic (exact) mass is 325 g/mol. The molecule has 0 saturated heterocycles. The number of hydrogen-bond acceptors (Lipinski definition) is 5. The van der Waals surface area contributed by atoms with E-state index in [0.717, 1.165) is 21.3 Å². The molecule has 1 heterocycles. The Morgan fingerprint density at radius 3 is 2.68 bits per heavy atom. The fourth-order valence-electron chi connectivity index (χ4n) is 1.71. The fourth-order valence-corrected chi connectivity index (χ4v) is 2.28. The van der Waals surface area contributed by atoms with Crippen molar-refractivity contribution in [2.24, 2.45) is 5.73 Å². The van der Waals surface area contributed by atoms with Crippen LogP contribution in [-0.4, -0.2) is 17.3 Å². The van der Waals surface area contributed by atoms with Gasteiger partial charge in [-0.05, 0) is 39.5 Å². The smallest absolute Gasteiger partial charge is 0.240 e. The third-order valence-corrected chi connectivity index (χ3v) is 3.65. The molecular weight excluding hydrogens is 310 g/mol. The first kappa shape index (κ1) is 14.0. The summed E-state index contributed by atoms with van der Waals surface area (Å²) in [5, 5.41) is 3.94. The van der Waals surface area contributed by atoms with Crippen molar-refractivity contribution in [3.63, 3.8) is 0 Å². The molecule has 2 N–H and O–H groups in total. The van der Waals surface area contributed by atoms with Crippen molar-refractivity contribution in [1.82, 2.24) is 10.1 Å². The number of rotatable bonds is 4. The number of methoxy groups -OCH3 is 1. The summed E-state index contributed by atoms with van der Waals surface area (Å²) < 4.78 is 11.2. The molecule has 0 aliphatic carbocycles. The van der Waals surface area contributed by atoms with Gasteiger partial charge in [-0.3, -0.25) is 0 Å². The van der Waals surface area contributed by atoms with Gasteiger partial charge >= 0.3 is 0 Å². The number of aromatic nitrogens is 2. The number of nitrogens with zero attached hydrogens (tertiary/aromatic N) is 2. The van der Waals surface area contributed by atoms with Gasteiger partial charge in [0.25, 0.3) is 0 Å². The number of nitrogens with two attached hydrogens (primary N) is 1. The second-order valence-electron chi connectivity index (χ2n) is 4.46. The first-order chi connectivity index (χ1) is 9.06. The summed E-state index contributed by atoms with van der Waals surface area (Å²) in [6.45, 7) is 4.47. The Morgan fingerprint density at radius 1 is 1.42 bits per heavy atom. The summed E-state index contributed by atoms with van der Waals surface area (Å²) >= 11 is 3.51. The molecule has 0 unspecified atom stereocenters. The highest BCUT2D eigenvalue weighted by Gasteiger charge is 2.17. The van der Waals surface area contributed by atoms with Gasteiger partial charge in [-0.15, -0.1) is 0 Å². The molecule has 0 aliphatic rings. The molecule has 0 bridgehead atoms. The van der Waals surface area contributed by atoms with E-state index < -0.39 is 0 Å². The van der Waals surface area contributed by atoms with Crippen LogP contribution in [0.25, 0.3) is 11.4 Å². The lowest BCUT2D eigenvalue weighted by Crippen LogP contribution is -1.97. The molecule has 1 aromatic carbocycles. The van der Waals surface area contributed by atoms with Gasteiger partial charge in [0.05, 0.1) is 18.1 Å². The van der Waals surface area contributed by atoms with Crippen molar-refractivity contribution in [2.75, 3.05) is 7.11 Å². The number of benzene rings is 1. The van der Waals surface area contributed by atoms with Gasteiger partial charge in [0.1, 0.15) is 5.75 Å². The quantitative estimate of drug-likeness (QED) is 0.934. The van der Waals surface area contributed by atoms with E-state index >= 15 is 0 Å². The van der Waals surface area contributed by atoms with E-state index in [-0.39, 0.29) is 6.54 Å². The van der Waals surface area contributed by atoms with E-state index in [1.807, 2.05) is 12.1 Å². The van der Waals surface area contributed by atoms with Crippen LogP contribution in [0.2, 0.25) is 0 Å². The third-order valence-electron chi connectivity index (χ3n) is 2.83. The second-order valence-corrected chi connectivity index (χ2v) is 5.25.